The van der Waals surface area contributed by atoms with E-state index >= 15 is 0 Å². The van der Waals surface area contributed by atoms with Crippen LogP contribution in [0.1, 0.15) is 29.8 Å². The smallest absolute Gasteiger partial charge is 0.280 e. The Morgan fingerprint density at radius 1 is 1.57 bits per heavy atom. The van der Waals surface area contributed by atoms with E-state index in [9.17, 15) is 4.79 Å². The number of rotatable bonds is 2. The summed E-state index contributed by atoms with van der Waals surface area (Å²) in [6.45, 7) is 0. The first-order valence-corrected chi connectivity index (χ1v) is 4.55. The predicted octanol–water partition coefficient (Wildman–Crippen LogP) is 0.276. The maximum atomic E-state index is 11.7. The molecule has 1 aliphatic rings. The van der Waals surface area contributed by atoms with Crippen LogP contribution in [0, 0.1) is 0 Å². The number of nitrogen functional groups attached to an aromatic ring is 1. The highest BCUT2D eigenvalue weighted by atomic mass is 16.6. The van der Waals surface area contributed by atoms with Crippen LogP contribution in [0.25, 0.3) is 0 Å². The van der Waals surface area contributed by atoms with Crippen LogP contribution in [-0.4, -0.2) is 34.2 Å². The monoisotopic (exact) mass is 196 g/mol. The molecule has 0 radical (unpaired) electrons. The third kappa shape index (κ3) is 1.32. The molecule has 1 aromatic rings. The first kappa shape index (κ1) is 8.98. The lowest BCUT2D eigenvalue weighted by Gasteiger charge is -2.34. The summed E-state index contributed by atoms with van der Waals surface area (Å²) >= 11 is 0. The van der Waals surface area contributed by atoms with Crippen LogP contribution < -0.4 is 5.73 Å². The van der Waals surface area contributed by atoms with Crippen molar-refractivity contribution in [3.05, 3.63) is 5.69 Å². The molecule has 1 aliphatic carbocycles. The molecule has 0 aliphatic heterocycles. The van der Waals surface area contributed by atoms with Crippen LogP contribution in [0.2, 0.25) is 0 Å². The minimum atomic E-state index is -0.214. The van der Waals surface area contributed by atoms with Gasteiger partial charge in [0.25, 0.3) is 5.91 Å². The zero-order valence-corrected chi connectivity index (χ0v) is 7.93. The highest BCUT2D eigenvalue weighted by molar-refractivity contribution is 5.96. The average Bonchev–Trinajstić information content (AvgIpc) is 2.47. The Morgan fingerprint density at radius 3 is 2.71 bits per heavy atom. The van der Waals surface area contributed by atoms with Crippen molar-refractivity contribution in [3.8, 4) is 0 Å². The minimum Gasteiger partial charge on any atom is -0.379 e. The van der Waals surface area contributed by atoms with Crippen molar-refractivity contribution in [2.45, 2.75) is 25.3 Å². The second-order valence-corrected chi connectivity index (χ2v) is 3.50. The molecule has 1 heterocycles. The van der Waals surface area contributed by atoms with Gasteiger partial charge in [-0.3, -0.25) is 4.79 Å². The Morgan fingerprint density at radius 2 is 2.29 bits per heavy atom. The van der Waals surface area contributed by atoms with Crippen molar-refractivity contribution in [2.24, 2.45) is 0 Å². The van der Waals surface area contributed by atoms with E-state index in [4.69, 9.17) is 5.73 Å². The van der Waals surface area contributed by atoms with Crippen molar-refractivity contribution in [1.29, 1.82) is 0 Å². The van der Waals surface area contributed by atoms with Gasteiger partial charge in [0.15, 0.2) is 0 Å². The van der Waals surface area contributed by atoms with Crippen LogP contribution in [-0.2, 0) is 0 Å². The molecule has 1 aromatic heterocycles. The SMILES string of the molecule is CN(C(=O)c1nonc1N)C1CCC1. The van der Waals surface area contributed by atoms with E-state index < -0.39 is 0 Å². The average molecular weight is 196 g/mol. The molecule has 1 amide bonds. The molecule has 1 fully saturated rings. The van der Waals surface area contributed by atoms with Gasteiger partial charge in [0.1, 0.15) is 0 Å². The van der Waals surface area contributed by atoms with Crippen LogP contribution in [0.4, 0.5) is 5.82 Å². The minimum absolute atomic E-state index is 0.0566. The lowest BCUT2D eigenvalue weighted by molar-refractivity contribution is 0.0641. The zero-order chi connectivity index (χ0) is 10.1. The quantitative estimate of drug-likeness (QED) is 0.734. The van der Waals surface area contributed by atoms with Crippen molar-refractivity contribution < 1.29 is 9.42 Å². The molecule has 0 saturated heterocycles. The van der Waals surface area contributed by atoms with E-state index in [1.54, 1.807) is 11.9 Å². The topological polar surface area (TPSA) is 85.2 Å². The molecule has 0 aromatic carbocycles. The molecule has 0 bridgehead atoms. The van der Waals surface area contributed by atoms with Gasteiger partial charge in [0.2, 0.25) is 11.5 Å². The molecule has 0 atom stereocenters. The van der Waals surface area contributed by atoms with E-state index in [-0.39, 0.29) is 17.4 Å². The fourth-order valence-electron chi connectivity index (χ4n) is 1.45. The Hall–Kier alpha value is -1.59. The van der Waals surface area contributed by atoms with Gasteiger partial charge in [0, 0.05) is 13.1 Å². The van der Waals surface area contributed by atoms with E-state index in [2.05, 4.69) is 14.9 Å². The maximum absolute atomic E-state index is 11.7. The van der Waals surface area contributed by atoms with Crippen molar-refractivity contribution in [3.63, 3.8) is 0 Å². The molecular weight excluding hydrogens is 184 g/mol. The summed E-state index contributed by atoms with van der Waals surface area (Å²) in [7, 11) is 1.75. The number of hydrogen-bond acceptors (Lipinski definition) is 5. The lowest BCUT2D eigenvalue weighted by Crippen LogP contribution is -2.41. The summed E-state index contributed by atoms with van der Waals surface area (Å²) in [4.78, 5) is 13.4. The van der Waals surface area contributed by atoms with Crippen LogP contribution in [0.5, 0.6) is 0 Å². The van der Waals surface area contributed by atoms with Crippen LogP contribution in [0.3, 0.4) is 0 Å². The first-order valence-electron chi connectivity index (χ1n) is 4.55. The largest absolute Gasteiger partial charge is 0.379 e. The maximum Gasteiger partial charge on any atom is 0.280 e. The molecule has 0 unspecified atom stereocenters. The van der Waals surface area contributed by atoms with Gasteiger partial charge in [-0.2, -0.15) is 0 Å². The van der Waals surface area contributed by atoms with E-state index in [1.165, 1.54) is 6.42 Å². The fourth-order valence-corrected chi connectivity index (χ4v) is 1.45. The standard InChI is InChI=1S/C8H12N4O2/c1-12(5-3-2-4-5)8(13)6-7(9)11-14-10-6/h5H,2-4H2,1H3,(H2,9,11). The Kier molecular flexibility index (Phi) is 2.11. The second-order valence-electron chi connectivity index (χ2n) is 3.50. The van der Waals surface area contributed by atoms with E-state index in [0.29, 0.717) is 6.04 Å². The molecule has 2 N–H and O–H groups in total. The van der Waals surface area contributed by atoms with Gasteiger partial charge in [-0.1, -0.05) is 0 Å². The molecule has 0 spiro atoms. The molecule has 6 nitrogen and oxygen atoms in total. The number of nitrogens with two attached hydrogens (primary N) is 1. The molecule has 14 heavy (non-hydrogen) atoms. The van der Waals surface area contributed by atoms with E-state index in [0.717, 1.165) is 12.8 Å². The van der Waals surface area contributed by atoms with Gasteiger partial charge in [-0.05, 0) is 29.6 Å². The summed E-state index contributed by atoms with van der Waals surface area (Å²) in [6, 6.07) is 0.318. The van der Waals surface area contributed by atoms with Gasteiger partial charge >= 0.3 is 0 Å². The number of carbonyl (C=O) groups excluding carboxylic acids is 1. The highest BCUT2D eigenvalue weighted by Gasteiger charge is 2.29. The Bertz CT molecular complexity index is 345. The van der Waals surface area contributed by atoms with Crippen LogP contribution in [0.15, 0.2) is 4.63 Å². The third-order valence-corrected chi connectivity index (χ3v) is 2.66. The van der Waals surface area contributed by atoms with Crippen molar-refractivity contribution in [2.75, 3.05) is 12.8 Å². The molecule has 76 valence electrons. The first-order chi connectivity index (χ1) is 6.70. The van der Waals surface area contributed by atoms with Gasteiger partial charge < -0.3 is 10.6 Å². The summed E-state index contributed by atoms with van der Waals surface area (Å²) < 4.78 is 4.38. The van der Waals surface area contributed by atoms with Crippen molar-refractivity contribution in [1.82, 2.24) is 15.2 Å². The second kappa shape index (κ2) is 3.28. The number of carbonyl (C=O) groups is 1. The number of amides is 1. The van der Waals surface area contributed by atoms with Gasteiger partial charge in [-0.25, -0.2) is 4.63 Å². The van der Waals surface area contributed by atoms with Gasteiger partial charge in [0.05, 0.1) is 0 Å². The van der Waals surface area contributed by atoms with E-state index in [1.807, 2.05) is 0 Å². The summed E-state index contributed by atoms with van der Waals surface area (Å²) in [6.07, 6.45) is 3.27. The third-order valence-electron chi connectivity index (χ3n) is 2.66. The van der Waals surface area contributed by atoms with Gasteiger partial charge in [-0.15, -0.1) is 0 Å². The fraction of sp³-hybridized carbons (Fsp3) is 0.625. The number of anilines is 1. The summed E-state index contributed by atoms with van der Waals surface area (Å²) in [5, 5.41) is 6.84. The molecule has 2 rings (SSSR count). The molecule has 6 heteroatoms. The zero-order valence-electron chi connectivity index (χ0n) is 7.93. The normalized spacial score (nSPS) is 16.4. The highest BCUT2D eigenvalue weighted by Crippen LogP contribution is 2.25. The summed E-state index contributed by atoms with van der Waals surface area (Å²) in [5.41, 5.74) is 5.53. The Balaban J connectivity index is 2.11. The van der Waals surface area contributed by atoms with Crippen molar-refractivity contribution >= 4 is 11.7 Å². The number of aromatic nitrogens is 2. The predicted molar refractivity (Wildman–Crippen MR) is 48.4 cm³/mol. The lowest BCUT2D eigenvalue weighted by atomic mass is 9.92. The summed E-state index contributed by atoms with van der Waals surface area (Å²) in [5.74, 6) is -0.158. The number of hydrogen-bond donors (Lipinski definition) is 1. The molecule has 1 saturated carbocycles. The Labute approximate surface area is 81.0 Å². The number of nitrogens with zero attached hydrogens (tertiary/aromatic N) is 3. The van der Waals surface area contributed by atoms with Crippen LogP contribution >= 0.6 is 0 Å². The molecular formula is C8H12N4O2.